The number of aromatic nitrogens is 1. The van der Waals surface area contributed by atoms with Crippen LogP contribution in [0.15, 0.2) is 71.8 Å². The Morgan fingerprint density at radius 1 is 1.03 bits per heavy atom. The van der Waals surface area contributed by atoms with Gasteiger partial charge < -0.3 is 5.32 Å². The first-order valence-electron chi connectivity index (χ1n) is 8.44. The van der Waals surface area contributed by atoms with Gasteiger partial charge >= 0.3 is 6.18 Å². The number of amides is 1. The second-order valence-electron chi connectivity index (χ2n) is 5.91. The Bertz CT molecular complexity index is 1060. The van der Waals surface area contributed by atoms with Gasteiger partial charge in [0.1, 0.15) is 11.1 Å². The average molecular weight is 413 g/mol. The highest BCUT2D eigenvalue weighted by molar-refractivity contribution is 8.00. The van der Waals surface area contributed by atoms with Crippen molar-refractivity contribution in [3.8, 4) is 17.3 Å². The van der Waals surface area contributed by atoms with E-state index in [2.05, 4.69) is 10.3 Å². The standard InChI is InChI=1S/C21H14F3N3OS/c22-21(23,24)16-8-4-5-9-18(16)26-19(28)13-29-20-15(12-25)10-11-17(27-20)14-6-2-1-3-7-14/h1-11H,13H2,(H,26,28). The van der Waals surface area contributed by atoms with E-state index in [0.29, 0.717) is 10.7 Å². The Hall–Kier alpha value is -3.31. The van der Waals surface area contributed by atoms with Gasteiger partial charge in [0.2, 0.25) is 5.91 Å². The maximum Gasteiger partial charge on any atom is 0.418 e. The number of carbonyl (C=O) groups excluding carboxylic acids is 1. The Morgan fingerprint density at radius 3 is 2.41 bits per heavy atom. The summed E-state index contributed by atoms with van der Waals surface area (Å²) in [5, 5.41) is 11.9. The van der Waals surface area contributed by atoms with Crippen LogP contribution in [-0.2, 0) is 11.0 Å². The van der Waals surface area contributed by atoms with Gasteiger partial charge in [0, 0.05) is 5.56 Å². The van der Waals surface area contributed by atoms with Crippen molar-refractivity contribution < 1.29 is 18.0 Å². The third kappa shape index (κ3) is 5.15. The molecule has 146 valence electrons. The van der Waals surface area contributed by atoms with E-state index in [9.17, 15) is 23.2 Å². The molecule has 0 aliphatic rings. The maximum atomic E-state index is 13.1. The minimum Gasteiger partial charge on any atom is -0.325 e. The van der Waals surface area contributed by atoms with Gasteiger partial charge in [-0.25, -0.2) is 4.98 Å². The summed E-state index contributed by atoms with van der Waals surface area (Å²) < 4.78 is 39.2. The number of thioether (sulfide) groups is 1. The molecule has 0 bridgehead atoms. The molecular weight excluding hydrogens is 399 g/mol. The molecular formula is C21H14F3N3OS. The SMILES string of the molecule is N#Cc1ccc(-c2ccccc2)nc1SCC(=O)Nc1ccccc1C(F)(F)F. The molecule has 3 aromatic rings. The molecule has 0 fully saturated rings. The Kier molecular flexibility index (Phi) is 6.20. The summed E-state index contributed by atoms with van der Waals surface area (Å²) in [5.41, 5.74) is 0.549. The van der Waals surface area contributed by atoms with Crippen LogP contribution in [0, 0.1) is 11.3 Å². The van der Waals surface area contributed by atoms with E-state index in [1.165, 1.54) is 18.2 Å². The highest BCUT2D eigenvalue weighted by atomic mass is 32.2. The highest BCUT2D eigenvalue weighted by Crippen LogP contribution is 2.34. The zero-order valence-corrected chi connectivity index (χ0v) is 15.7. The predicted molar refractivity (Wildman–Crippen MR) is 105 cm³/mol. The molecule has 1 amide bonds. The van der Waals surface area contributed by atoms with E-state index in [1.807, 2.05) is 36.4 Å². The molecule has 0 atom stereocenters. The van der Waals surface area contributed by atoms with Crippen LogP contribution in [0.5, 0.6) is 0 Å². The first-order valence-corrected chi connectivity index (χ1v) is 9.42. The molecule has 0 saturated carbocycles. The molecule has 3 rings (SSSR count). The summed E-state index contributed by atoms with van der Waals surface area (Å²) in [6.07, 6.45) is -4.57. The van der Waals surface area contributed by atoms with Crippen LogP contribution in [0.4, 0.5) is 18.9 Å². The number of benzene rings is 2. The van der Waals surface area contributed by atoms with Crippen molar-refractivity contribution in [2.75, 3.05) is 11.1 Å². The number of pyridine rings is 1. The number of para-hydroxylation sites is 1. The Balaban J connectivity index is 1.75. The van der Waals surface area contributed by atoms with Crippen LogP contribution >= 0.6 is 11.8 Å². The third-order valence-electron chi connectivity index (χ3n) is 3.90. The van der Waals surface area contributed by atoms with Gasteiger partial charge in [-0.2, -0.15) is 18.4 Å². The molecule has 1 aromatic heterocycles. The van der Waals surface area contributed by atoms with Gasteiger partial charge in [0.15, 0.2) is 0 Å². The summed E-state index contributed by atoms with van der Waals surface area (Å²) in [7, 11) is 0. The van der Waals surface area contributed by atoms with Crippen LogP contribution in [0.1, 0.15) is 11.1 Å². The number of carbonyl (C=O) groups is 1. The lowest BCUT2D eigenvalue weighted by molar-refractivity contribution is -0.137. The number of halogens is 3. The Labute approximate surface area is 169 Å². The molecule has 0 unspecified atom stereocenters. The molecule has 2 aromatic carbocycles. The van der Waals surface area contributed by atoms with E-state index < -0.39 is 17.6 Å². The minimum absolute atomic E-state index is 0.188. The zero-order valence-electron chi connectivity index (χ0n) is 14.9. The zero-order chi connectivity index (χ0) is 20.9. The van der Waals surface area contributed by atoms with Crippen LogP contribution in [0.25, 0.3) is 11.3 Å². The fourth-order valence-electron chi connectivity index (χ4n) is 2.56. The molecule has 8 heteroatoms. The number of rotatable bonds is 5. The summed E-state index contributed by atoms with van der Waals surface area (Å²) in [4.78, 5) is 16.6. The van der Waals surface area contributed by atoms with E-state index in [-0.39, 0.29) is 17.0 Å². The topological polar surface area (TPSA) is 65.8 Å². The monoisotopic (exact) mass is 413 g/mol. The van der Waals surface area contributed by atoms with Crippen molar-refractivity contribution in [2.24, 2.45) is 0 Å². The molecule has 0 saturated heterocycles. The van der Waals surface area contributed by atoms with Crippen molar-refractivity contribution in [1.82, 2.24) is 4.98 Å². The van der Waals surface area contributed by atoms with Crippen LogP contribution < -0.4 is 5.32 Å². The molecule has 29 heavy (non-hydrogen) atoms. The van der Waals surface area contributed by atoms with Crippen molar-refractivity contribution in [2.45, 2.75) is 11.2 Å². The molecule has 1 heterocycles. The lowest BCUT2D eigenvalue weighted by atomic mass is 10.1. The van der Waals surface area contributed by atoms with Gasteiger partial charge in [0.25, 0.3) is 0 Å². The number of hydrogen-bond donors (Lipinski definition) is 1. The highest BCUT2D eigenvalue weighted by Gasteiger charge is 2.33. The number of nitrogens with one attached hydrogen (secondary N) is 1. The molecule has 0 aliphatic heterocycles. The van der Waals surface area contributed by atoms with Crippen molar-refractivity contribution in [3.05, 3.63) is 77.9 Å². The van der Waals surface area contributed by atoms with Gasteiger partial charge in [-0.15, -0.1) is 0 Å². The van der Waals surface area contributed by atoms with Gasteiger partial charge in [-0.1, -0.05) is 54.2 Å². The van der Waals surface area contributed by atoms with Crippen molar-refractivity contribution in [1.29, 1.82) is 5.26 Å². The molecule has 0 aliphatic carbocycles. The number of alkyl halides is 3. The summed E-state index contributed by atoms with van der Waals surface area (Å²) in [5.74, 6) is -0.811. The van der Waals surface area contributed by atoms with E-state index in [1.54, 1.807) is 12.1 Å². The molecule has 4 nitrogen and oxygen atoms in total. The summed E-state index contributed by atoms with van der Waals surface area (Å²) >= 11 is 0.994. The summed E-state index contributed by atoms with van der Waals surface area (Å²) in [6.45, 7) is 0. The van der Waals surface area contributed by atoms with Crippen molar-refractivity contribution in [3.63, 3.8) is 0 Å². The average Bonchev–Trinajstić information content (AvgIpc) is 2.72. The normalized spacial score (nSPS) is 11.0. The molecule has 0 radical (unpaired) electrons. The first-order chi connectivity index (χ1) is 13.9. The quantitative estimate of drug-likeness (QED) is 0.571. The van der Waals surface area contributed by atoms with Crippen LogP contribution in [0.2, 0.25) is 0 Å². The minimum atomic E-state index is -4.57. The number of nitriles is 1. The second-order valence-corrected chi connectivity index (χ2v) is 6.87. The van der Waals surface area contributed by atoms with Crippen LogP contribution in [0.3, 0.4) is 0 Å². The van der Waals surface area contributed by atoms with E-state index in [4.69, 9.17) is 0 Å². The third-order valence-corrected chi connectivity index (χ3v) is 4.89. The maximum absolute atomic E-state index is 13.1. The molecule has 1 N–H and O–H groups in total. The number of anilines is 1. The lowest BCUT2D eigenvalue weighted by Gasteiger charge is -2.13. The Morgan fingerprint density at radius 2 is 1.72 bits per heavy atom. The van der Waals surface area contributed by atoms with Crippen molar-refractivity contribution >= 4 is 23.4 Å². The summed E-state index contributed by atoms with van der Waals surface area (Å²) in [6, 6.07) is 19.4. The fourth-order valence-corrected chi connectivity index (χ4v) is 3.34. The largest absolute Gasteiger partial charge is 0.418 e. The van der Waals surface area contributed by atoms with Gasteiger partial charge in [-0.05, 0) is 24.3 Å². The predicted octanol–water partition coefficient (Wildman–Crippen LogP) is 5.37. The number of hydrogen-bond acceptors (Lipinski definition) is 4. The van der Waals surface area contributed by atoms with E-state index in [0.717, 1.165) is 23.4 Å². The van der Waals surface area contributed by atoms with Crippen LogP contribution in [-0.4, -0.2) is 16.6 Å². The first kappa shape index (κ1) is 20.4. The number of nitrogens with zero attached hydrogens (tertiary/aromatic N) is 2. The molecule has 0 spiro atoms. The van der Waals surface area contributed by atoms with Gasteiger partial charge in [-0.3, -0.25) is 4.79 Å². The lowest BCUT2D eigenvalue weighted by Crippen LogP contribution is -2.18. The van der Waals surface area contributed by atoms with E-state index >= 15 is 0 Å². The second kappa shape index (κ2) is 8.80. The smallest absolute Gasteiger partial charge is 0.325 e. The van der Waals surface area contributed by atoms with Gasteiger partial charge in [0.05, 0.1) is 28.3 Å². The fraction of sp³-hybridized carbons (Fsp3) is 0.0952.